The van der Waals surface area contributed by atoms with E-state index in [0.29, 0.717) is 0 Å². The quantitative estimate of drug-likeness (QED) is 0.857. The molecule has 0 amide bonds. The molecule has 0 aliphatic heterocycles. The Hall–Kier alpha value is -1.29. The molecule has 5 heteroatoms. The third kappa shape index (κ3) is 2.85. The van der Waals surface area contributed by atoms with Crippen LogP contribution in [0.15, 0.2) is 18.2 Å². The highest BCUT2D eigenvalue weighted by Crippen LogP contribution is 2.26. The molecule has 0 fully saturated rings. The molecule has 1 aromatic carbocycles. The summed E-state index contributed by atoms with van der Waals surface area (Å²) in [4.78, 5) is 10.9. The van der Waals surface area contributed by atoms with Gasteiger partial charge >= 0.3 is 5.97 Å². The summed E-state index contributed by atoms with van der Waals surface area (Å²) >= 11 is 5.79. The average Bonchev–Trinajstić information content (AvgIpc) is 2.15. The number of nitrogens with one attached hydrogen (secondary N) is 1. The van der Waals surface area contributed by atoms with E-state index in [9.17, 15) is 9.18 Å². The maximum Gasteiger partial charge on any atom is 0.326 e. The SMILES string of the molecule is CC(C)C(Nc1c(F)cccc1Cl)C(=O)O. The summed E-state index contributed by atoms with van der Waals surface area (Å²) in [7, 11) is 0. The summed E-state index contributed by atoms with van der Waals surface area (Å²) in [5.74, 6) is -1.76. The first-order valence-electron chi connectivity index (χ1n) is 4.87. The fourth-order valence-electron chi connectivity index (χ4n) is 1.30. The molecule has 16 heavy (non-hydrogen) atoms. The molecule has 0 aliphatic carbocycles. The number of hydrogen-bond acceptors (Lipinski definition) is 2. The molecule has 1 atom stereocenters. The zero-order valence-corrected chi connectivity index (χ0v) is 9.75. The Morgan fingerprint density at radius 3 is 2.56 bits per heavy atom. The van der Waals surface area contributed by atoms with Crippen molar-refractivity contribution in [1.82, 2.24) is 0 Å². The molecule has 1 rings (SSSR count). The third-order valence-corrected chi connectivity index (χ3v) is 2.51. The highest BCUT2D eigenvalue weighted by molar-refractivity contribution is 6.33. The predicted octanol–water partition coefficient (Wildman–Crippen LogP) is 3.00. The molecule has 0 radical (unpaired) electrons. The van der Waals surface area contributed by atoms with Crippen LogP contribution < -0.4 is 5.32 Å². The summed E-state index contributed by atoms with van der Waals surface area (Å²) < 4.78 is 13.4. The lowest BCUT2D eigenvalue weighted by Gasteiger charge is -2.20. The lowest BCUT2D eigenvalue weighted by Crippen LogP contribution is -2.34. The van der Waals surface area contributed by atoms with E-state index < -0.39 is 17.8 Å². The normalized spacial score (nSPS) is 12.6. The van der Waals surface area contributed by atoms with Crippen LogP contribution in [0, 0.1) is 11.7 Å². The minimum absolute atomic E-state index is 0.0327. The average molecular weight is 246 g/mol. The largest absolute Gasteiger partial charge is 0.480 e. The standard InChI is InChI=1S/C11H13ClFNO2/c1-6(2)9(11(15)16)14-10-7(12)4-3-5-8(10)13/h3-6,9,14H,1-2H3,(H,15,16). The van der Waals surface area contributed by atoms with E-state index in [1.54, 1.807) is 13.8 Å². The molecule has 0 bridgehead atoms. The molecule has 0 spiro atoms. The van der Waals surface area contributed by atoms with Crippen molar-refractivity contribution in [3.63, 3.8) is 0 Å². The van der Waals surface area contributed by atoms with E-state index in [2.05, 4.69) is 5.32 Å². The minimum Gasteiger partial charge on any atom is -0.480 e. The number of hydrogen-bond donors (Lipinski definition) is 2. The summed E-state index contributed by atoms with van der Waals surface area (Å²) in [5, 5.41) is 11.7. The molecule has 0 saturated carbocycles. The van der Waals surface area contributed by atoms with Gasteiger partial charge < -0.3 is 10.4 Å². The van der Waals surface area contributed by atoms with E-state index in [0.717, 1.165) is 0 Å². The molecule has 0 aliphatic rings. The Bertz CT molecular complexity index is 375. The first-order chi connectivity index (χ1) is 7.43. The Morgan fingerprint density at radius 2 is 2.12 bits per heavy atom. The molecule has 3 nitrogen and oxygen atoms in total. The van der Waals surface area contributed by atoms with Gasteiger partial charge in [0.15, 0.2) is 0 Å². The summed E-state index contributed by atoms with van der Waals surface area (Å²) in [6.07, 6.45) is 0. The van der Waals surface area contributed by atoms with Gasteiger partial charge in [-0.15, -0.1) is 0 Å². The first-order valence-corrected chi connectivity index (χ1v) is 5.24. The van der Waals surface area contributed by atoms with Crippen molar-refractivity contribution >= 4 is 23.3 Å². The van der Waals surface area contributed by atoms with Crippen molar-refractivity contribution in [1.29, 1.82) is 0 Å². The molecule has 88 valence electrons. The van der Waals surface area contributed by atoms with Crippen LogP contribution in [0.5, 0.6) is 0 Å². The number of halogens is 2. The molecule has 1 aromatic rings. The van der Waals surface area contributed by atoms with Crippen molar-refractivity contribution in [2.75, 3.05) is 5.32 Å². The molecular weight excluding hydrogens is 233 g/mol. The first kappa shape index (κ1) is 12.8. The molecule has 0 heterocycles. The molecule has 0 aromatic heterocycles. The topological polar surface area (TPSA) is 49.3 Å². The lowest BCUT2D eigenvalue weighted by atomic mass is 10.0. The van der Waals surface area contributed by atoms with Crippen LogP contribution in [0.25, 0.3) is 0 Å². The fraction of sp³-hybridized carbons (Fsp3) is 0.364. The van der Waals surface area contributed by atoms with Crippen molar-refractivity contribution in [3.05, 3.63) is 29.0 Å². The number of para-hydroxylation sites is 1. The van der Waals surface area contributed by atoms with Crippen LogP contribution in [0.4, 0.5) is 10.1 Å². The van der Waals surface area contributed by atoms with E-state index in [1.807, 2.05) is 0 Å². The maximum atomic E-state index is 13.4. The highest BCUT2D eigenvalue weighted by atomic mass is 35.5. The minimum atomic E-state index is -1.03. The molecule has 0 saturated heterocycles. The predicted molar refractivity (Wildman–Crippen MR) is 61.3 cm³/mol. The van der Waals surface area contributed by atoms with Crippen LogP contribution in [-0.4, -0.2) is 17.1 Å². The van der Waals surface area contributed by atoms with E-state index in [1.165, 1.54) is 18.2 Å². The van der Waals surface area contributed by atoms with Crippen LogP contribution in [0.3, 0.4) is 0 Å². The van der Waals surface area contributed by atoms with Gasteiger partial charge in [-0.3, -0.25) is 0 Å². The van der Waals surface area contributed by atoms with Gasteiger partial charge in [0.1, 0.15) is 11.9 Å². The van der Waals surface area contributed by atoms with Gasteiger partial charge in [0.25, 0.3) is 0 Å². The van der Waals surface area contributed by atoms with E-state index in [-0.39, 0.29) is 16.6 Å². The number of carboxylic acid groups (broad SMARTS) is 1. The number of aliphatic carboxylic acids is 1. The highest BCUT2D eigenvalue weighted by Gasteiger charge is 2.23. The van der Waals surface area contributed by atoms with E-state index >= 15 is 0 Å². The van der Waals surface area contributed by atoms with Crippen molar-refractivity contribution in [2.45, 2.75) is 19.9 Å². The second-order valence-corrected chi connectivity index (χ2v) is 4.21. The number of benzene rings is 1. The lowest BCUT2D eigenvalue weighted by molar-refractivity contribution is -0.138. The second-order valence-electron chi connectivity index (χ2n) is 3.80. The zero-order chi connectivity index (χ0) is 12.3. The summed E-state index contributed by atoms with van der Waals surface area (Å²) in [6.45, 7) is 3.47. The van der Waals surface area contributed by atoms with Crippen LogP contribution in [-0.2, 0) is 4.79 Å². The van der Waals surface area contributed by atoms with Gasteiger partial charge in [0, 0.05) is 0 Å². The maximum absolute atomic E-state index is 13.4. The summed E-state index contributed by atoms with van der Waals surface area (Å²) in [5.41, 5.74) is 0.0327. The zero-order valence-electron chi connectivity index (χ0n) is 9.00. The van der Waals surface area contributed by atoms with Gasteiger partial charge in [0.2, 0.25) is 0 Å². The Morgan fingerprint density at radius 1 is 1.50 bits per heavy atom. The van der Waals surface area contributed by atoms with Crippen LogP contribution in [0.1, 0.15) is 13.8 Å². The fourth-order valence-corrected chi connectivity index (χ4v) is 1.52. The van der Waals surface area contributed by atoms with Crippen molar-refractivity contribution in [3.8, 4) is 0 Å². The molecular formula is C11H13ClFNO2. The Balaban J connectivity index is 2.98. The smallest absolute Gasteiger partial charge is 0.326 e. The molecule has 1 unspecified atom stereocenters. The number of carboxylic acids is 1. The van der Waals surface area contributed by atoms with Gasteiger partial charge in [-0.05, 0) is 18.1 Å². The second kappa shape index (κ2) is 5.16. The third-order valence-electron chi connectivity index (χ3n) is 2.20. The van der Waals surface area contributed by atoms with Gasteiger partial charge in [0.05, 0.1) is 10.7 Å². The summed E-state index contributed by atoms with van der Waals surface area (Å²) in [6, 6.07) is 3.34. The number of anilines is 1. The van der Waals surface area contributed by atoms with Gasteiger partial charge in [-0.2, -0.15) is 0 Å². The van der Waals surface area contributed by atoms with Crippen LogP contribution in [0.2, 0.25) is 5.02 Å². The van der Waals surface area contributed by atoms with Crippen molar-refractivity contribution < 1.29 is 14.3 Å². The monoisotopic (exact) mass is 245 g/mol. The Labute approximate surface area is 98.2 Å². The molecule has 2 N–H and O–H groups in total. The van der Waals surface area contributed by atoms with Gasteiger partial charge in [-0.1, -0.05) is 31.5 Å². The Kier molecular flexibility index (Phi) is 4.12. The van der Waals surface area contributed by atoms with E-state index in [4.69, 9.17) is 16.7 Å². The van der Waals surface area contributed by atoms with Crippen LogP contribution >= 0.6 is 11.6 Å². The van der Waals surface area contributed by atoms with Crippen molar-refractivity contribution in [2.24, 2.45) is 5.92 Å². The van der Waals surface area contributed by atoms with Gasteiger partial charge in [-0.25, -0.2) is 9.18 Å². The number of rotatable bonds is 4. The number of carbonyl (C=O) groups is 1.